The van der Waals surface area contributed by atoms with Gasteiger partial charge in [0.05, 0.1) is 6.54 Å². The van der Waals surface area contributed by atoms with Gasteiger partial charge >= 0.3 is 0 Å². The zero-order chi connectivity index (χ0) is 10.6. The highest BCUT2D eigenvalue weighted by Gasteiger charge is 2.03. The Morgan fingerprint density at radius 1 is 1.64 bits per heavy atom. The number of nitrogens with one attached hydrogen (secondary N) is 1. The minimum Gasteiger partial charge on any atom is -0.325 e. The summed E-state index contributed by atoms with van der Waals surface area (Å²) in [6.45, 7) is 0.347. The van der Waals surface area contributed by atoms with Gasteiger partial charge in [0.25, 0.3) is 0 Å². The van der Waals surface area contributed by atoms with E-state index in [9.17, 15) is 4.79 Å². The van der Waals surface area contributed by atoms with Crippen LogP contribution in [0.1, 0.15) is 0 Å². The molecule has 1 aromatic heterocycles. The van der Waals surface area contributed by atoms with Crippen LogP contribution in [0.15, 0.2) is 18.3 Å². The fraction of sp³-hybridized carbons (Fsp3) is 0.333. The highest BCUT2D eigenvalue weighted by atomic mass is 35.5. The van der Waals surface area contributed by atoms with Crippen LogP contribution in [-0.2, 0) is 4.79 Å². The molecule has 0 unspecified atom stereocenters. The Morgan fingerprint density at radius 3 is 2.93 bits per heavy atom. The van der Waals surface area contributed by atoms with Gasteiger partial charge in [-0.3, -0.25) is 4.79 Å². The Balaban J connectivity index is 2.56. The number of hydrogen-bond acceptors (Lipinski definition) is 3. The molecule has 0 fully saturated rings. The largest absolute Gasteiger partial charge is 0.325 e. The van der Waals surface area contributed by atoms with Crippen molar-refractivity contribution in [3.05, 3.63) is 23.5 Å². The number of nitrogens with zero attached hydrogens (tertiary/aromatic N) is 2. The van der Waals surface area contributed by atoms with Crippen molar-refractivity contribution in [2.75, 3.05) is 26.0 Å². The van der Waals surface area contributed by atoms with Gasteiger partial charge in [-0.15, -0.1) is 0 Å². The van der Waals surface area contributed by atoms with Crippen LogP contribution in [0, 0.1) is 0 Å². The second-order valence-corrected chi connectivity index (χ2v) is 3.54. The molecule has 5 heteroatoms. The summed E-state index contributed by atoms with van der Waals surface area (Å²) < 4.78 is 0. The van der Waals surface area contributed by atoms with E-state index in [1.54, 1.807) is 23.2 Å². The molecular formula is C9H12ClN3O. The standard InChI is InChI=1S/C9H12ClN3O/c1-13(2)6-9(14)12-7-3-4-11-8(10)5-7/h3-5H,6H2,1-2H3,(H,11,12,14). The minimum atomic E-state index is -0.0720. The fourth-order valence-corrected chi connectivity index (χ4v) is 1.14. The fourth-order valence-electron chi connectivity index (χ4n) is 0.968. The summed E-state index contributed by atoms with van der Waals surface area (Å²) in [7, 11) is 3.66. The summed E-state index contributed by atoms with van der Waals surface area (Å²) in [5.41, 5.74) is 0.664. The number of halogens is 1. The molecule has 76 valence electrons. The van der Waals surface area contributed by atoms with Gasteiger partial charge in [-0.2, -0.15) is 0 Å². The number of aromatic nitrogens is 1. The second-order valence-electron chi connectivity index (χ2n) is 3.15. The first-order chi connectivity index (χ1) is 6.58. The normalized spacial score (nSPS) is 10.3. The molecule has 0 aliphatic heterocycles. The molecular weight excluding hydrogens is 202 g/mol. The third-order valence-electron chi connectivity index (χ3n) is 1.47. The topological polar surface area (TPSA) is 45.2 Å². The first kappa shape index (κ1) is 10.9. The third-order valence-corrected chi connectivity index (χ3v) is 1.68. The number of likely N-dealkylation sites (N-methyl/N-ethyl adjacent to an activating group) is 1. The average molecular weight is 214 g/mol. The Hall–Kier alpha value is -1.13. The Labute approximate surface area is 87.9 Å². The monoisotopic (exact) mass is 213 g/mol. The van der Waals surface area contributed by atoms with Crippen LogP contribution in [0.25, 0.3) is 0 Å². The van der Waals surface area contributed by atoms with Crippen LogP contribution < -0.4 is 5.32 Å². The lowest BCUT2D eigenvalue weighted by Gasteiger charge is -2.09. The van der Waals surface area contributed by atoms with Crippen molar-refractivity contribution in [2.45, 2.75) is 0 Å². The van der Waals surface area contributed by atoms with E-state index in [0.29, 0.717) is 17.4 Å². The molecule has 0 aliphatic carbocycles. The van der Waals surface area contributed by atoms with Crippen molar-refractivity contribution >= 4 is 23.2 Å². The molecule has 1 aromatic rings. The second kappa shape index (κ2) is 4.93. The Bertz CT molecular complexity index is 328. The number of pyridine rings is 1. The van der Waals surface area contributed by atoms with Crippen LogP contribution in [0.5, 0.6) is 0 Å². The van der Waals surface area contributed by atoms with Gasteiger partial charge in [-0.05, 0) is 26.2 Å². The van der Waals surface area contributed by atoms with E-state index in [0.717, 1.165) is 0 Å². The van der Waals surface area contributed by atoms with Crippen molar-refractivity contribution in [3.63, 3.8) is 0 Å². The molecule has 0 saturated heterocycles. The third kappa shape index (κ3) is 3.72. The predicted molar refractivity (Wildman–Crippen MR) is 56.4 cm³/mol. The predicted octanol–water partition coefficient (Wildman–Crippen LogP) is 1.24. The molecule has 0 saturated carbocycles. The number of hydrogen-bond donors (Lipinski definition) is 1. The minimum absolute atomic E-state index is 0.0720. The van der Waals surface area contributed by atoms with Crippen molar-refractivity contribution in [1.82, 2.24) is 9.88 Å². The summed E-state index contributed by atoms with van der Waals surface area (Å²) in [5.74, 6) is -0.0720. The van der Waals surface area contributed by atoms with Gasteiger partial charge in [-0.25, -0.2) is 4.98 Å². The smallest absolute Gasteiger partial charge is 0.238 e. The maximum absolute atomic E-state index is 11.3. The summed E-state index contributed by atoms with van der Waals surface area (Å²) in [5, 5.41) is 3.08. The van der Waals surface area contributed by atoms with E-state index in [1.165, 1.54) is 0 Å². The lowest BCUT2D eigenvalue weighted by molar-refractivity contribution is -0.116. The highest BCUT2D eigenvalue weighted by Crippen LogP contribution is 2.11. The average Bonchev–Trinajstić information content (AvgIpc) is 2.01. The van der Waals surface area contributed by atoms with Crippen molar-refractivity contribution in [2.24, 2.45) is 0 Å². The lowest BCUT2D eigenvalue weighted by Crippen LogP contribution is -2.27. The van der Waals surface area contributed by atoms with Crippen LogP contribution in [0.2, 0.25) is 5.15 Å². The van der Waals surface area contributed by atoms with Crippen LogP contribution in [0.4, 0.5) is 5.69 Å². The molecule has 0 atom stereocenters. The van der Waals surface area contributed by atoms with Gasteiger partial charge < -0.3 is 10.2 Å². The Morgan fingerprint density at radius 2 is 2.36 bits per heavy atom. The summed E-state index contributed by atoms with van der Waals surface area (Å²) in [4.78, 5) is 16.9. The van der Waals surface area contributed by atoms with Gasteiger partial charge in [0, 0.05) is 11.9 Å². The van der Waals surface area contributed by atoms with Crippen molar-refractivity contribution in [3.8, 4) is 0 Å². The maximum Gasteiger partial charge on any atom is 0.238 e. The molecule has 1 heterocycles. The first-order valence-electron chi connectivity index (χ1n) is 4.14. The Kier molecular flexibility index (Phi) is 3.85. The number of amides is 1. The van der Waals surface area contributed by atoms with Crippen molar-refractivity contribution < 1.29 is 4.79 Å². The number of rotatable bonds is 3. The summed E-state index contributed by atoms with van der Waals surface area (Å²) in [6, 6.07) is 3.30. The van der Waals surface area contributed by atoms with Crippen LogP contribution in [-0.4, -0.2) is 36.4 Å². The van der Waals surface area contributed by atoms with Crippen molar-refractivity contribution in [1.29, 1.82) is 0 Å². The molecule has 1 rings (SSSR count). The first-order valence-corrected chi connectivity index (χ1v) is 4.52. The highest BCUT2D eigenvalue weighted by molar-refractivity contribution is 6.29. The lowest BCUT2D eigenvalue weighted by atomic mass is 10.4. The summed E-state index contributed by atoms with van der Waals surface area (Å²) in [6.07, 6.45) is 1.55. The number of carbonyl (C=O) groups excluding carboxylic acids is 1. The molecule has 1 amide bonds. The van der Waals surface area contributed by atoms with E-state index < -0.39 is 0 Å². The number of carbonyl (C=O) groups is 1. The van der Waals surface area contributed by atoms with E-state index in [-0.39, 0.29) is 5.91 Å². The van der Waals surface area contributed by atoms with Gasteiger partial charge in [0.2, 0.25) is 5.91 Å². The SMILES string of the molecule is CN(C)CC(=O)Nc1ccnc(Cl)c1. The van der Waals surface area contributed by atoms with E-state index in [2.05, 4.69) is 10.3 Å². The van der Waals surface area contributed by atoms with Crippen LogP contribution >= 0.6 is 11.6 Å². The van der Waals surface area contributed by atoms with Gasteiger partial charge in [0.15, 0.2) is 0 Å². The van der Waals surface area contributed by atoms with Gasteiger partial charge in [0.1, 0.15) is 5.15 Å². The van der Waals surface area contributed by atoms with E-state index in [1.807, 2.05) is 14.1 Å². The molecule has 4 nitrogen and oxygen atoms in total. The number of anilines is 1. The quantitative estimate of drug-likeness (QED) is 0.769. The molecule has 0 radical (unpaired) electrons. The van der Waals surface area contributed by atoms with Gasteiger partial charge in [-0.1, -0.05) is 11.6 Å². The van der Waals surface area contributed by atoms with Crippen LogP contribution in [0.3, 0.4) is 0 Å². The maximum atomic E-state index is 11.3. The molecule has 0 aromatic carbocycles. The molecule has 14 heavy (non-hydrogen) atoms. The molecule has 0 bridgehead atoms. The molecule has 1 N–H and O–H groups in total. The summed E-state index contributed by atoms with van der Waals surface area (Å²) >= 11 is 5.66. The zero-order valence-corrected chi connectivity index (χ0v) is 8.88. The molecule has 0 aliphatic rings. The van der Waals surface area contributed by atoms with E-state index in [4.69, 9.17) is 11.6 Å². The zero-order valence-electron chi connectivity index (χ0n) is 8.12. The molecule has 0 spiro atoms. The van der Waals surface area contributed by atoms with E-state index >= 15 is 0 Å².